The molecule has 5 rings (SSSR count). The minimum absolute atomic E-state index is 0.159. The van der Waals surface area contributed by atoms with E-state index >= 15 is 0 Å². The van der Waals surface area contributed by atoms with Crippen LogP contribution in [0.5, 0.6) is 0 Å². The topological polar surface area (TPSA) is 64.3 Å². The van der Waals surface area contributed by atoms with Gasteiger partial charge in [0.05, 0.1) is 24.1 Å². The van der Waals surface area contributed by atoms with Crippen LogP contribution in [0.3, 0.4) is 0 Å². The lowest BCUT2D eigenvalue weighted by Crippen LogP contribution is -2.31. The van der Waals surface area contributed by atoms with Gasteiger partial charge < -0.3 is 10.1 Å². The zero-order valence-electron chi connectivity index (χ0n) is 15.4. The molecule has 1 aliphatic heterocycles. The lowest BCUT2D eigenvalue weighted by atomic mass is 9.94. The summed E-state index contributed by atoms with van der Waals surface area (Å²) in [5.74, 6) is 0.784. The first-order valence-electron chi connectivity index (χ1n) is 9.12. The standard InChI is InChI=1S/C20H21N5OS/c1-20(2)8-14-15(11-26-20)27-19-17(14)18-23-16(24-25(18)12-22-19)10-21-9-13-6-4-3-5-7-13/h3-7,12,21H,8-11H2,1-2H3. The van der Waals surface area contributed by atoms with Gasteiger partial charge in [-0.2, -0.15) is 0 Å². The van der Waals surface area contributed by atoms with Crippen LogP contribution in [-0.2, 0) is 30.9 Å². The van der Waals surface area contributed by atoms with Crippen LogP contribution in [-0.4, -0.2) is 25.2 Å². The van der Waals surface area contributed by atoms with Gasteiger partial charge in [0.2, 0.25) is 0 Å². The van der Waals surface area contributed by atoms with E-state index in [1.807, 2.05) is 18.2 Å². The molecule has 1 aromatic carbocycles. The summed E-state index contributed by atoms with van der Waals surface area (Å²) in [5, 5.41) is 9.17. The maximum absolute atomic E-state index is 5.96. The second-order valence-electron chi connectivity index (χ2n) is 7.54. The van der Waals surface area contributed by atoms with Gasteiger partial charge in [0.15, 0.2) is 11.5 Å². The number of fused-ring (bicyclic) bond motifs is 5. The minimum Gasteiger partial charge on any atom is -0.370 e. The molecular formula is C20H21N5OS. The average molecular weight is 379 g/mol. The summed E-state index contributed by atoms with van der Waals surface area (Å²) >= 11 is 1.71. The van der Waals surface area contributed by atoms with Crippen LogP contribution in [0, 0.1) is 0 Å². The predicted octanol–water partition coefficient (Wildman–Crippen LogP) is 3.48. The SMILES string of the molecule is CC1(C)Cc2c(sc3ncn4nc(CNCc5ccccc5)nc4c23)CO1. The van der Waals surface area contributed by atoms with E-state index in [0.29, 0.717) is 13.2 Å². The molecule has 7 heteroatoms. The maximum atomic E-state index is 5.96. The van der Waals surface area contributed by atoms with E-state index in [2.05, 4.69) is 41.4 Å². The Morgan fingerprint density at radius 3 is 2.93 bits per heavy atom. The normalized spacial score (nSPS) is 16.1. The third-order valence-corrected chi connectivity index (χ3v) is 6.02. The van der Waals surface area contributed by atoms with Gasteiger partial charge in [0.25, 0.3) is 0 Å². The van der Waals surface area contributed by atoms with E-state index in [4.69, 9.17) is 9.72 Å². The summed E-state index contributed by atoms with van der Waals surface area (Å²) in [6, 6.07) is 10.3. The van der Waals surface area contributed by atoms with E-state index in [0.717, 1.165) is 34.7 Å². The van der Waals surface area contributed by atoms with Crippen molar-refractivity contribution in [3.63, 3.8) is 0 Å². The number of ether oxygens (including phenoxy) is 1. The molecule has 0 atom stereocenters. The second-order valence-corrected chi connectivity index (χ2v) is 8.62. The van der Waals surface area contributed by atoms with Gasteiger partial charge in [-0.15, -0.1) is 16.4 Å². The number of rotatable bonds is 4. The molecule has 1 aliphatic rings. The number of aromatic nitrogens is 4. The summed E-state index contributed by atoms with van der Waals surface area (Å²) in [4.78, 5) is 11.7. The number of benzene rings is 1. The maximum Gasteiger partial charge on any atom is 0.168 e. The third-order valence-electron chi connectivity index (χ3n) is 4.91. The summed E-state index contributed by atoms with van der Waals surface area (Å²) in [7, 11) is 0. The largest absolute Gasteiger partial charge is 0.370 e. The minimum atomic E-state index is -0.159. The van der Waals surface area contributed by atoms with Crippen molar-refractivity contribution in [1.82, 2.24) is 24.9 Å². The first-order valence-corrected chi connectivity index (χ1v) is 9.94. The average Bonchev–Trinajstić information content (AvgIpc) is 3.22. The van der Waals surface area contributed by atoms with Gasteiger partial charge >= 0.3 is 0 Å². The molecule has 0 radical (unpaired) electrons. The van der Waals surface area contributed by atoms with Crippen molar-refractivity contribution < 1.29 is 4.74 Å². The van der Waals surface area contributed by atoms with E-state index in [-0.39, 0.29) is 5.60 Å². The van der Waals surface area contributed by atoms with Crippen molar-refractivity contribution in [3.8, 4) is 0 Å². The van der Waals surface area contributed by atoms with Crippen LogP contribution in [0.2, 0.25) is 0 Å². The smallest absolute Gasteiger partial charge is 0.168 e. The Labute approximate surface area is 161 Å². The Morgan fingerprint density at radius 1 is 1.22 bits per heavy atom. The Morgan fingerprint density at radius 2 is 2.07 bits per heavy atom. The van der Waals surface area contributed by atoms with Gasteiger partial charge in [-0.1, -0.05) is 30.3 Å². The molecule has 0 unspecified atom stereocenters. The molecule has 0 fully saturated rings. The van der Waals surface area contributed by atoms with Crippen molar-refractivity contribution in [1.29, 1.82) is 0 Å². The highest BCUT2D eigenvalue weighted by Crippen LogP contribution is 2.39. The molecule has 0 saturated carbocycles. The second kappa shape index (κ2) is 6.37. The number of hydrogen-bond acceptors (Lipinski definition) is 6. The van der Waals surface area contributed by atoms with Crippen LogP contribution in [0.1, 0.15) is 35.7 Å². The van der Waals surface area contributed by atoms with Crippen molar-refractivity contribution in [3.05, 3.63) is 58.5 Å². The molecule has 4 heterocycles. The highest BCUT2D eigenvalue weighted by molar-refractivity contribution is 7.19. The van der Waals surface area contributed by atoms with Gasteiger partial charge in [-0.3, -0.25) is 0 Å². The van der Waals surface area contributed by atoms with Gasteiger partial charge in [-0.05, 0) is 25.0 Å². The van der Waals surface area contributed by atoms with Crippen molar-refractivity contribution in [2.24, 2.45) is 0 Å². The molecule has 1 N–H and O–H groups in total. The van der Waals surface area contributed by atoms with Crippen LogP contribution < -0.4 is 5.32 Å². The van der Waals surface area contributed by atoms with Crippen molar-refractivity contribution in [2.45, 2.75) is 45.6 Å². The Kier molecular flexibility index (Phi) is 3.96. The fourth-order valence-electron chi connectivity index (χ4n) is 3.58. The molecule has 0 spiro atoms. The van der Waals surface area contributed by atoms with Gasteiger partial charge in [-0.25, -0.2) is 14.5 Å². The fourth-order valence-corrected chi connectivity index (χ4v) is 4.64. The molecule has 27 heavy (non-hydrogen) atoms. The van der Waals surface area contributed by atoms with Crippen LogP contribution >= 0.6 is 11.3 Å². The molecule has 138 valence electrons. The zero-order valence-corrected chi connectivity index (χ0v) is 16.2. The Hall–Kier alpha value is -2.35. The van der Waals surface area contributed by atoms with E-state index in [1.54, 1.807) is 22.2 Å². The highest BCUT2D eigenvalue weighted by Gasteiger charge is 2.30. The lowest BCUT2D eigenvalue weighted by Gasteiger charge is -2.30. The molecular weight excluding hydrogens is 358 g/mol. The van der Waals surface area contributed by atoms with Gasteiger partial charge in [0.1, 0.15) is 11.2 Å². The summed E-state index contributed by atoms with van der Waals surface area (Å²) in [6.07, 6.45) is 2.64. The first kappa shape index (κ1) is 16.8. The zero-order chi connectivity index (χ0) is 18.4. The molecule has 3 aromatic heterocycles. The summed E-state index contributed by atoms with van der Waals surface area (Å²) < 4.78 is 7.77. The van der Waals surface area contributed by atoms with E-state index < -0.39 is 0 Å². The van der Waals surface area contributed by atoms with Crippen LogP contribution in [0.15, 0.2) is 36.7 Å². The highest BCUT2D eigenvalue weighted by atomic mass is 32.1. The number of nitrogens with zero attached hydrogens (tertiary/aromatic N) is 4. The van der Waals surface area contributed by atoms with Crippen molar-refractivity contribution in [2.75, 3.05) is 0 Å². The number of nitrogens with one attached hydrogen (secondary N) is 1. The monoisotopic (exact) mass is 379 g/mol. The first-order chi connectivity index (χ1) is 13.1. The molecule has 6 nitrogen and oxygen atoms in total. The molecule has 0 bridgehead atoms. The van der Waals surface area contributed by atoms with E-state index in [9.17, 15) is 0 Å². The Balaban J connectivity index is 1.46. The van der Waals surface area contributed by atoms with Crippen LogP contribution in [0.25, 0.3) is 15.9 Å². The molecule has 4 aromatic rings. The fraction of sp³-hybridized carbons (Fsp3) is 0.350. The molecule has 0 amide bonds. The lowest BCUT2D eigenvalue weighted by molar-refractivity contribution is -0.0379. The predicted molar refractivity (Wildman–Crippen MR) is 106 cm³/mol. The molecule has 0 aliphatic carbocycles. The third kappa shape index (κ3) is 3.12. The summed E-state index contributed by atoms with van der Waals surface area (Å²) in [6.45, 7) is 6.34. The van der Waals surface area contributed by atoms with Crippen LogP contribution in [0.4, 0.5) is 0 Å². The quantitative estimate of drug-likeness (QED) is 0.588. The van der Waals surface area contributed by atoms with E-state index in [1.165, 1.54) is 16.0 Å². The number of thiophene rings is 1. The Bertz CT molecular complexity index is 1120. The number of hydrogen-bond donors (Lipinski definition) is 1. The molecule has 0 saturated heterocycles. The van der Waals surface area contributed by atoms with Crippen molar-refractivity contribution >= 4 is 27.2 Å². The van der Waals surface area contributed by atoms with Gasteiger partial charge in [0, 0.05) is 17.8 Å². The summed E-state index contributed by atoms with van der Waals surface area (Å²) in [5.41, 5.74) is 3.31.